The lowest BCUT2D eigenvalue weighted by atomic mass is 9.51. The van der Waals surface area contributed by atoms with Crippen LogP contribution in [0.2, 0.25) is 5.02 Å². The molecule has 3 fully saturated rings. The summed E-state index contributed by atoms with van der Waals surface area (Å²) >= 11 is 6.10. The van der Waals surface area contributed by atoms with Gasteiger partial charge in [0.05, 0.1) is 53.8 Å². The molecule has 4 aromatic carbocycles. The fourth-order valence-electron chi connectivity index (χ4n) is 9.11. The Balaban J connectivity index is 1.13. The van der Waals surface area contributed by atoms with Crippen molar-refractivity contribution in [1.82, 2.24) is 0 Å². The summed E-state index contributed by atoms with van der Waals surface area (Å²) in [5, 5.41) is 10.3. The molecule has 0 spiro atoms. The fourth-order valence-corrected chi connectivity index (χ4v) is 9.29. The van der Waals surface area contributed by atoms with Crippen LogP contribution in [-0.2, 0) is 19.2 Å². The number of fused-ring (bicyclic) bond motifs is 4. The molecule has 4 aliphatic rings. The summed E-state index contributed by atoms with van der Waals surface area (Å²) in [5.74, 6) is -4.51. The fraction of sp³-hybridized carbons (Fsp3) is 0.256. The van der Waals surface area contributed by atoms with Gasteiger partial charge in [-0.15, -0.1) is 0 Å². The number of methoxy groups -OCH3 is 2. The number of benzene rings is 4. The zero-order chi connectivity index (χ0) is 38.1. The van der Waals surface area contributed by atoms with Gasteiger partial charge in [-0.05, 0) is 97.5 Å². The van der Waals surface area contributed by atoms with Gasteiger partial charge in [0.25, 0.3) is 0 Å². The molecule has 2 aliphatic carbocycles. The van der Waals surface area contributed by atoms with Gasteiger partial charge < -0.3 is 14.6 Å². The first kappa shape index (κ1) is 35.3. The van der Waals surface area contributed by atoms with Crippen LogP contribution in [0.4, 0.5) is 15.8 Å². The number of anilines is 2. The van der Waals surface area contributed by atoms with Crippen LogP contribution in [-0.4, -0.2) is 43.0 Å². The van der Waals surface area contributed by atoms with Gasteiger partial charge in [0.2, 0.25) is 23.6 Å². The van der Waals surface area contributed by atoms with Crippen LogP contribution in [0.3, 0.4) is 0 Å². The third kappa shape index (κ3) is 5.42. The van der Waals surface area contributed by atoms with Crippen molar-refractivity contribution < 1.29 is 38.1 Å². The van der Waals surface area contributed by atoms with Gasteiger partial charge in [-0.1, -0.05) is 59.7 Å². The molecule has 0 radical (unpaired) electrons. The molecule has 54 heavy (non-hydrogen) atoms. The maximum atomic E-state index is 14.5. The van der Waals surface area contributed by atoms with E-state index in [-0.39, 0.29) is 41.1 Å². The highest BCUT2D eigenvalue weighted by Crippen LogP contribution is 2.64. The van der Waals surface area contributed by atoms with Crippen molar-refractivity contribution in [2.24, 2.45) is 29.1 Å². The molecule has 4 aromatic rings. The van der Waals surface area contributed by atoms with Crippen molar-refractivity contribution in [3.63, 3.8) is 0 Å². The number of phenols is 1. The molecule has 1 N–H and O–H groups in total. The lowest BCUT2D eigenvalue weighted by Gasteiger charge is -2.49. The van der Waals surface area contributed by atoms with Gasteiger partial charge in [-0.25, -0.2) is 9.29 Å². The molecule has 0 aromatic heterocycles. The maximum Gasteiger partial charge on any atom is 0.241 e. The van der Waals surface area contributed by atoms with Gasteiger partial charge in [0.15, 0.2) is 0 Å². The largest absolute Gasteiger partial charge is 0.508 e. The summed E-state index contributed by atoms with van der Waals surface area (Å²) < 4.78 is 25.0. The quantitative estimate of drug-likeness (QED) is 0.117. The SMILES string of the molecule is COc1ccc(OC)c(C=Cc2ccc(N3C(=O)C4CC=C5C(CC6C(=O)N(c7ccc(F)c(Cl)c7)C(=O)C6(C)C5c5cccc(O)c5)C4C3=O)cc2)c1. The number of aromatic hydroxyl groups is 1. The van der Waals surface area contributed by atoms with E-state index in [0.717, 1.165) is 27.7 Å². The van der Waals surface area contributed by atoms with E-state index >= 15 is 0 Å². The van der Waals surface area contributed by atoms with Crippen LogP contribution in [0, 0.1) is 34.9 Å². The minimum atomic E-state index is -1.31. The van der Waals surface area contributed by atoms with Crippen molar-refractivity contribution in [2.45, 2.75) is 25.7 Å². The Morgan fingerprint density at radius 2 is 1.59 bits per heavy atom. The molecule has 2 heterocycles. The second kappa shape index (κ2) is 13.3. The smallest absolute Gasteiger partial charge is 0.241 e. The first-order valence-corrected chi connectivity index (χ1v) is 18.0. The number of ether oxygens (including phenoxy) is 2. The van der Waals surface area contributed by atoms with Crippen molar-refractivity contribution in [1.29, 1.82) is 0 Å². The standard InChI is InChI=1S/C43H36ClFN2O7/c1-43-33(40(50)47(42(43)52)27-13-17-35(45)34(44)21-27)22-32-30(38(43)25-5-4-6-28(48)19-25)15-16-31-37(32)41(51)46(39(31)49)26-11-8-23(9-12-26)7-10-24-20-29(53-2)14-18-36(24)54-3/h4-15,17-21,31-33,37-38,48H,16,22H2,1-3H3. The Morgan fingerprint density at radius 1 is 0.833 bits per heavy atom. The highest BCUT2D eigenvalue weighted by molar-refractivity contribution is 6.32. The lowest BCUT2D eigenvalue weighted by Crippen LogP contribution is -2.48. The molecule has 274 valence electrons. The minimum absolute atomic E-state index is 0.0118. The number of phenolic OH excluding ortho intramolecular Hbond substituents is 1. The topological polar surface area (TPSA) is 113 Å². The van der Waals surface area contributed by atoms with Crippen molar-refractivity contribution in [3.05, 3.63) is 124 Å². The van der Waals surface area contributed by atoms with Gasteiger partial charge in [-0.3, -0.25) is 24.1 Å². The number of nitrogens with zero attached hydrogens (tertiary/aromatic N) is 2. The third-order valence-electron chi connectivity index (χ3n) is 11.7. The Bertz CT molecular complexity index is 2310. The van der Waals surface area contributed by atoms with E-state index in [1.165, 1.54) is 23.1 Å². The number of carbonyl (C=O) groups is 4. The second-order valence-electron chi connectivity index (χ2n) is 14.4. The first-order chi connectivity index (χ1) is 26.0. The zero-order valence-corrected chi connectivity index (χ0v) is 30.4. The molecule has 6 atom stereocenters. The van der Waals surface area contributed by atoms with E-state index in [0.29, 0.717) is 22.7 Å². The lowest BCUT2D eigenvalue weighted by molar-refractivity contribution is -0.131. The summed E-state index contributed by atoms with van der Waals surface area (Å²) in [4.78, 5) is 59.8. The van der Waals surface area contributed by atoms with Crippen molar-refractivity contribution in [3.8, 4) is 17.2 Å². The maximum absolute atomic E-state index is 14.5. The highest BCUT2D eigenvalue weighted by Gasteiger charge is 2.67. The van der Waals surface area contributed by atoms with Crippen LogP contribution < -0.4 is 19.3 Å². The van der Waals surface area contributed by atoms with E-state index in [4.69, 9.17) is 21.1 Å². The molecule has 9 nitrogen and oxygen atoms in total. The number of carbonyl (C=O) groups excluding carboxylic acids is 4. The van der Waals surface area contributed by atoms with Crippen molar-refractivity contribution in [2.75, 3.05) is 24.0 Å². The number of halogens is 2. The van der Waals surface area contributed by atoms with Crippen LogP contribution in [0.25, 0.3) is 12.2 Å². The minimum Gasteiger partial charge on any atom is -0.508 e. The zero-order valence-electron chi connectivity index (χ0n) is 29.7. The number of rotatable bonds is 7. The Hall–Kier alpha value is -5.74. The molecule has 0 bridgehead atoms. The normalized spacial score (nSPS) is 26.2. The van der Waals surface area contributed by atoms with E-state index in [2.05, 4.69) is 0 Å². The number of hydrogen-bond donors (Lipinski definition) is 1. The summed E-state index contributed by atoms with van der Waals surface area (Å²) in [7, 11) is 3.19. The Morgan fingerprint density at radius 3 is 2.30 bits per heavy atom. The van der Waals surface area contributed by atoms with Crippen LogP contribution >= 0.6 is 11.6 Å². The first-order valence-electron chi connectivity index (χ1n) is 17.7. The Kier molecular flexibility index (Phi) is 8.68. The summed E-state index contributed by atoms with van der Waals surface area (Å²) in [6.45, 7) is 1.75. The number of allylic oxidation sites excluding steroid dienone is 2. The molecule has 11 heteroatoms. The van der Waals surface area contributed by atoms with Gasteiger partial charge in [-0.2, -0.15) is 0 Å². The molecule has 1 saturated carbocycles. The van der Waals surface area contributed by atoms with E-state index in [9.17, 15) is 28.7 Å². The molecular formula is C43H36ClFN2O7. The summed E-state index contributed by atoms with van der Waals surface area (Å²) in [6.07, 6.45) is 6.17. The van der Waals surface area contributed by atoms with Crippen LogP contribution in [0.5, 0.6) is 17.2 Å². The molecule has 8 rings (SSSR count). The summed E-state index contributed by atoms with van der Waals surface area (Å²) in [5.41, 5.74) is 2.33. The van der Waals surface area contributed by atoms with E-state index in [1.54, 1.807) is 51.5 Å². The average molecular weight is 747 g/mol. The van der Waals surface area contributed by atoms with Crippen LogP contribution in [0.15, 0.2) is 96.6 Å². The molecule has 6 unspecified atom stereocenters. The predicted molar refractivity (Wildman–Crippen MR) is 202 cm³/mol. The number of amides is 4. The molecule has 2 aliphatic heterocycles. The van der Waals surface area contributed by atoms with E-state index < -0.39 is 52.6 Å². The average Bonchev–Trinajstić information content (AvgIpc) is 3.54. The van der Waals surface area contributed by atoms with Crippen LogP contribution in [0.1, 0.15) is 42.4 Å². The van der Waals surface area contributed by atoms with Crippen molar-refractivity contribution >= 4 is 58.8 Å². The second-order valence-corrected chi connectivity index (χ2v) is 14.8. The monoisotopic (exact) mass is 746 g/mol. The predicted octanol–water partition coefficient (Wildman–Crippen LogP) is 7.81. The number of imide groups is 2. The van der Waals surface area contributed by atoms with Gasteiger partial charge >= 0.3 is 0 Å². The molecular weight excluding hydrogens is 711 g/mol. The van der Waals surface area contributed by atoms with Gasteiger partial charge in [0, 0.05) is 11.5 Å². The molecule has 4 amide bonds. The number of hydrogen-bond acceptors (Lipinski definition) is 7. The Labute approximate surface area is 316 Å². The summed E-state index contributed by atoms with van der Waals surface area (Å²) in [6, 6.07) is 22.9. The molecule has 2 saturated heterocycles. The third-order valence-corrected chi connectivity index (χ3v) is 12.0. The highest BCUT2D eigenvalue weighted by atomic mass is 35.5. The van der Waals surface area contributed by atoms with Gasteiger partial charge in [0.1, 0.15) is 23.1 Å². The van der Waals surface area contributed by atoms with E-state index in [1.807, 2.05) is 48.6 Å².